The molecule has 1 unspecified atom stereocenters. The van der Waals surface area contributed by atoms with Crippen molar-refractivity contribution in [1.82, 2.24) is 0 Å². The van der Waals surface area contributed by atoms with E-state index in [1.165, 1.54) is 6.92 Å². The number of carbonyl (C=O) groups is 3. The van der Waals surface area contributed by atoms with Crippen molar-refractivity contribution in [2.45, 2.75) is 89.0 Å². The van der Waals surface area contributed by atoms with E-state index < -0.39 is 75.9 Å². The van der Waals surface area contributed by atoms with Crippen molar-refractivity contribution < 1.29 is 54.1 Å². The standard InChI is InChI=1S/C35H40O11/c1-6-13(2)26(37)44-12-33(42)20-7-17(20)30(4)21(33)9-16-15(11-36)28(39)45-34(16)22(30)10-32(41)19-8-18(19)31(5)25(32)24(34)23-14(3)27(38)46-35(23,43)29(31)40/h6,17-22,29,36,40-43H,7-12H2,1-5H3/b13-6+/t17-,18-,19+,20+,21-,22+,29-,30+,31+,32+,33+,34?,35+/m1/s1. The Hall–Kier alpha value is -2.83. The van der Waals surface area contributed by atoms with Crippen molar-refractivity contribution in [2.24, 2.45) is 46.3 Å². The summed E-state index contributed by atoms with van der Waals surface area (Å²) in [4.78, 5) is 39.7. The molecule has 46 heavy (non-hydrogen) atoms. The fraction of sp³-hybridized carbons (Fsp3) is 0.686. The van der Waals surface area contributed by atoms with Crippen LogP contribution in [0.2, 0.25) is 0 Å². The Morgan fingerprint density at radius 1 is 1.00 bits per heavy atom. The lowest BCUT2D eigenvalue weighted by Crippen LogP contribution is -2.69. The monoisotopic (exact) mass is 636 g/mol. The van der Waals surface area contributed by atoms with Crippen molar-refractivity contribution in [3.05, 3.63) is 45.1 Å². The van der Waals surface area contributed by atoms with Gasteiger partial charge in [-0.05, 0) is 86.7 Å². The highest BCUT2D eigenvalue weighted by molar-refractivity contribution is 5.98. The highest BCUT2D eigenvalue weighted by atomic mass is 16.7. The first-order chi connectivity index (χ1) is 21.5. The van der Waals surface area contributed by atoms with Crippen LogP contribution in [0.1, 0.15) is 60.3 Å². The van der Waals surface area contributed by atoms with Crippen LogP contribution in [0.4, 0.5) is 0 Å². The first-order valence-corrected chi connectivity index (χ1v) is 16.5. The summed E-state index contributed by atoms with van der Waals surface area (Å²) in [6, 6.07) is 0. The number of hydrogen-bond acceptors (Lipinski definition) is 11. The summed E-state index contributed by atoms with van der Waals surface area (Å²) < 4.78 is 17.8. The summed E-state index contributed by atoms with van der Waals surface area (Å²) in [6.45, 7) is 7.84. The van der Waals surface area contributed by atoms with Gasteiger partial charge in [-0.25, -0.2) is 14.4 Å². The maximum atomic E-state index is 13.8. The summed E-state index contributed by atoms with van der Waals surface area (Å²) in [5, 5.41) is 60.1. The molecule has 5 saturated carbocycles. The molecule has 9 rings (SSSR count). The van der Waals surface area contributed by atoms with Crippen molar-refractivity contribution in [3.8, 4) is 0 Å². The Labute approximate surface area is 265 Å². The van der Waals surface area contributed by atoms with Crippen LogP contribution in [0.25, 0.3) is 0 Å². The first-order valence-electron chi connectivity index (χ1n) is 16.5. The van der Waals surface area contributed by atoms with Crippen LogP contribution in [0.3, 0.4) is 0 Å². The third kappa shape index (κ3) is 2.72. The number of fused-ring (bicyclic) bond motifs is 9. The van der Waals surface area contributed by atoms with Crippen LogP contribution in [0, 0.1) is 46.3 Å². The minimum absolute atomic E-state index is 0.0183. The lowest BCUT2D eigenvalue weighted by Gasteiger charge is -2.64. The van der Waals surface area contributed by atoms with E-state index >= 15 is 0 Å². The molecule has 2 aliphatic heterocycles. The molecule has 7 aliphatic carbocycles. The van der Waals surface area contributed by atoms with Crippen molar-refractivity contribution in [3.63, 3.8) is 0 Å². The van der Waals surface area contributed by atoms with E-state index in [4.69, 9.17) is 14.2 Å². The van der Waals surface area contributed by atoms with Gasteiger partial charge in [0.1, 0.15) is 18.3 Å². The molecule has 0 bridgehead atoms. The number of rotatable bonds is 4. The highest BCUT2D eigenvalue weighted by Crippen LogP contribution is 2.84. The van der Waals surface area contributed by atoms with E-state index in [1.807, 2.05) is 0 Å². The Morgan fingerprint density at radius 2 is 1.70 bits per heavy atom. The summed E-state index contributed by atoms with van der Waals surface area (Å²) in [5.41, 5.74) is -4.65. The zero-order valence-corrected chi connectivity index (χ0v) is 26.5. The molecule has 11 nitrogen and oxygen atoms in total. The molecule has 5 N–H and O–H groups in total. The van der Waals surface area contributed by atoms with Crippen molar-refractivity contribution in [2.75, 3.05) is 13.2 Å². The Balaban J connectivity index is 1.30. The van der Waals surface area contributed by atoms with Gasteiger partial charge in [0.2, 0.25) is 0 Å². The van der Waals surface area contributed by atoms with Gasteiger partial charge in [-0.2, -0.15) is 0 Å². The smallest absolute Gasteiger partial charge is 0.337 e. The fourth-order valence-electron chi connectivity index (χ4n) is 12.4. The lowest BCUT2D eigenvalue weighted by molar-refractivity contribution is -0.244. The van der Waals surface area contributed by atoms with Gasteiger partial charge in [0.05, 0.1) is 17.8 Å². The predicted octanol–water partition coefficient (Wildman–Crippen LogP) is 1.13. The SMILES string of the molecule is C/C=C(\C)C(=O)OC[C@]1(O)[C@H]2C[C@H]2[C@]2(C)[C@@H]3C[C@@]4(O)C5=C(C6=C(C)C(=O)O[C@]6(O)[C@H](O)[C@@]5(C)[C@@H]5C[C@@H]54)C34OC(=O)C(CO)=C4C[C@@H]12. The van der Waals surface area contributed by atoms with Crippen LogP contribution >= 0.6 is 0 Å². The van der Waals surface area contributed by atoms with Crippen molar-refractivity contribution >= 4 is 17.9 Å². The molecule has 0 aromatic rings. The topological polar surface area (TPSA) is 180 Å². The quantitative estimate of drug-likeness (QED) is 0.170. The molecule has 1 spiro atoms. The van der Waals surface area contributed by atoms with Crippen LogP contribution in [0.5, 0.6) is 0 Å². The highest BCUT2D eigenvalue weighted by Gasteiger charge is 2.87. The van der Waals surface area contributed by atoms with Gasteiger partial charge in [-0.1, -0.05) is 19.9 Å². The number of aliphatic hydroxyl groups is 5. The van der Waals surface area contributed by atoms with Gasteiger partial charge in [-0.3, -0.25) is 0 Å². The molecule has 0 saturated heterocycles. The first kappa shape index (κ1) is 29.3. The van der Waals surface area contributed by atoms with E-state index in [1.54, 1.807) is 26.8 Å². The number of esters is 3. The minimum Gasteiger partial charge on any atom is -0.459 e. The number of carbonyl (C=O) groups excluding carboxylic acids is 3. The van der Waals surface area contributed by atoms with Gasteiger partial charge < -0.3 is 39.7 Å². The molecule has 13 atom stereocenters. The summed E-state index contributed by atoms with van der Waals surface area (Å²) in [7, 11) is 0. The van der Waals surface area contributed by atoms with E-state index in [2.05, 4.69) is 6.92 Å². The second-order valence-electron chi connectivity index (χ2n) is 16.0. The van der Waals surface area contributed by atoms with Crippen LogP contribution in [0.15, 0.2) is 45.1 Å². The molecule has 11 heteroatoms. The molecule has 2 heterocycles. The lowest BCUT2D eigenvalue weighted by atomic mass is 9.42. The van der Waals surface area contributed by atoms with Crippen LogP contribution < -0.4 is 0 Å². The zero-order chi connectivity index (χ0) is 32.9. The number of allylic oxidation sites excluding steroid dienone is 1. The van der Waals surface area contributed by atoms with E-state index in [0.29, 0.717) is 35.1 Å². The van der Waals surface area contributed by atoms with Crippen LogP contribution in [-0.4, -0.2) is 85.3 Å². The van der Waals surface area contributed by atoms with Crippen LogP contribution in [-0.2, 0) is 28.6 Å². The Kier molecular flexibility index (Phi) is 5.14. The normalized spacial score (nSPS) is 53.5. The fourth-order valence-corrected chi connectivity index (χ4v) is 12.4. The summed E-state index contributed by atoms with van der Waals surface area (Å²) in [6.07, 6.45) is 1.61. The maximum absolute atomic E-state index is 13.8. The Bertz CT molecular complexity index is 1740. The van der Waals surface area contributed by atoms with E-state index in [0.717, 1.165) is 0 Å². The molecule has 9 aliphatic rings. The zero-order valence-electron chi connectivity index (χ0n) is 26.5. The minimum atomic E-state index is -2.43. The number of ether oxygens (including phenoxy) is 3. The Morgan fingerprint density at radius 3 is 2.37 bits per heavy atom. The molecule has 0 aromatic heterocycles. The van der Waals surface area contributed by atoms with Gasteiger partial charge in [0, 0.05) is 39.5 Å². The molecule has 0 radical (unpaired) electrons. The van der Waals surface area contributed by atoms with Gasteiger partial charge in [-0.15, -0.1) is 0 Å². The number of aliphatic hydroxyl groups excluding tert-OH is 2. The average Bonchev–Trinajstić information content (AvgIpc) is 3.91. The van der Waals surface area contributed by atoms with Gasteiger partial charge >= 0.3 is 17.9 Å². The van der Waals surface area contributed by atoms with E-state index in [-0.39, 0.29) is 59.8 Å². The second kappa shape index (κ2) is 8.06. The maximum Gasteiger partial charge on any atom is 0.337 e. The molecule has 0 aromatic carbocycles. The number of hydrogen-bond donors (Lipinski definition) is 5. The molecular formula is C35H40O11. The summed E-state index contributed by atoms with van der Waals surface area (Å²) in [5.74, 6) is -6.38. The third-order valence-electron chi connectivity index (χ3n) is 14.7. The summed E-state index contributed by atoms with van der Waals surface area (Å²) >= 11 is 0. The molecular weight excluding hydrogens is 596 g/mol. The van der Waals surface area contributed by atoms with Gasteiger partial charge in [0.25, 0.3) is 5.79 Å². The third-order valence-corrected chi connectivity index (χ3v) is 14.7. The van der Waals surface area contributed by atoms with E-state index in [9.17, 15) is 39.9 Å². The average molecular weight is 637 g/mol. The predicted molar refractivity (Wildman–Crippen MR) is 156 cm³/mol. The molecule has 5 fully saturated rings. The van der Waals surface area contributed by atoms with Gasteiger partial charge in [0.15, 0.2) is 5.60 Å². The molecule has 0 amide bonds. The largest absolute Gasteiger partial charge is 0.459 e. The molecule has 246 valence electrons. The van der Waals surface area contributed by atoms with Crippen molar-refractivity contribution in [1.29, 1.82) is 0 Å². The second-order valence-corrected chi connectivity index (χ2v) is 16.0.